The molecule has 0 saturated carbocycles. The molecule has 2 rings (SSSR count). The van der Waals surface area contributed by atoms with E-state index < -0.39 is 5.60 Å². The van der Waals surface area contributed by atoms with Crippen molar-refractivity contribution >= 4 is 0 Å². The molecule has 0 saturated heterocycles. The lowest BCUT2D eigenvalue weighted by atomic mass is 10.1. The summed E-state index contributed by atoms with van der Waals surface area (Å²) in [6.45, 7) is 5.78. The van der Waals surface area contributed by atoms with Gasteiger partial charge in [-0.2, -0.15) is 0 Å². The molecule has 2 aromatic heterocycles. The maximum Gasteiger partial charge on any atom is 0.125 e. The second-order valence-corrected chi connectivity index (χ2v) is 4.37. The van der Waals surface area contributed by atoms with Gasteiger partial charge >= 0.3 is 0 Å². The molecular formula is C11H15N3O2. The maximum absolute atomic E-state index is 9.73. The van der Waals surface area contributed by atoms with Crippen LogP contribution in [-0.2, 0) is 12.1 Å². The summed E-state index contributed by atoms with van der Waals surface area (Å²) < 4.78 is 7.08. The lowest BCUT2D eigenvalue weighted by Gasteiger charge is -2.11. The Morgan fingerprint density at radius 3 is 2.69 bits per heavy atom. The van der Waals surface area contributed by atoms with E-state index in [-0.39, 0.29) is 0 Å². The molecule has 0 radical (unpaired) electrons. The van der Waals surface area contributed by atoms with Crippen LogP contribution in [0.5, 0.6) is 0 Å². The maximum atomic E-state index is 9.73. The van der Waals surface area contributed by atoms with Crippen molar-refractivity contribution in [2.24, 2.45) is 0 Å². The minimum Gasteiger partial charge on any atom is -0.464 e. The fourth-order valence-corrected chi connectivity index (χ4v) is 1.39. The van der Waals surface area contributed by atoms with Crippen LogP contribution in [0.1, 0.15) is 31.1 Å². The van der Waals surface area contributed by atoms with E-state index in [0.29, 0.717) is 12.2 Å². The first-order chi connectivity index (χ1) is 7.45. The van der Waals surface area contributed by atoms with Crippen LogP contribution in [0.25, 0.3) is 0 Å². The molecule has 0 aliphatic carbocycles. The largest absolute Gasteiger partial charge is 0.464 e. The lowest BCUT2D eigenvalue weighted by Crippen LogP contribution is -2.15. The van der Waals surface area contributed by atoms with Gasteiger partial charge in [0, 0.05) is 0 Å². The van der Waals surface area contributed by atoms with Crippen molar-refractivity contribution in [2.75, 3.05) is 0 Å². The molecule has 0 unspecified atom stereocenters. The summed E-state index contributed by atoms with van der Waals surface area (Å²) in [6, 6.07) is 3.81. The Labute approximate surface area is 93.7 Å². The highest BCUT2D eigenvalue weighted by Crippen LogP contribution is 2.16. The minimum absolute atomic E-state index is 0.525. The normalized spacial score (nSPS) is 12.0. The van der Waals surface area contributed by atoms with Gasteiger partial charge < -0.3 is 9.52 Å². The van der Waals surface area contributed by atoms with Gasteiger partial charge in [-0.25, -0.2) is 4.68 Å². The van der Waals surface area contributed by atoms with Crippen molar-refractivity contribution in [3.63, 3.8) is 0 Å². The monoisotopic (exact) mass is 221 g/mol. The topological polar surface area (TPSA) is 64.1 Å². The number of aliphatic hydroxyl groups is 1. The number of hydrogen-bond acceptors (Lipinski definition) is 4. The first-order valence-corrected chi connectivity index (χ1v) is 5.13. The molecule has 0 aromatic carbocycles. The van der Waals surface area contributed by atoms with E-state index in [9.17, 15) is 5.11 Å². The Bertz CT molecular complexity index is 479. The first kappa shape index (κ1) is 10.9. The van der Waals surface area contributed by atoms with Gasteiger partial charge in [0.05, 0.1) is 6.20 Å². The predicted molar refractivity (Wildman–Crippen MR) is 57.8 cm³/mol. The quantitative estimate of drug-likeness (QED) is 0.852. The summed E-state index contributed by atoms with van der Waals surface area (Å²) in [6.07, 6.45) is 1.72. The zero-order valence-electron chi connectivity index (χ0n) is 9.64. The molecule has 0 fully saturated rings. The standard InChI is InChI=1S/C11H15N3O2/c1-8-4-5-9(16-8)6-14-7-10(12-13-14)11(2,3)15/h4-5,7,15H,6H2,1-3H3. The molecular weight excluding hydrogens is 206 g/mol. The predicted octanol–water partition coefficient (Wildman–Crippen LogP) is 1.46. The highest BCUT2D eigenvalue weighted by molar-refractivity contribution is 5.07. The third-order valence-electron chi connectivity index (χ3n) is 2.28. The van der Waals surface area contributed by atoms with E-state index in [0.717, 1.165) is 11.5 Å². The molecule has 1 N–H and O–H groups in total. The molecule has 16 heavy (non-hydrogen) atoms. The Hall–Kier alpha value is -1.62. The summed E-state index contributed by atoms with van der Waals surface area (Å²) in [5, 5.41) is 17.6. The van der Waals surface area contributed by atoms with Gasteiger partial charge in [-0.1, -0.05) is 5.21 Å². The van der Waals surface area contributed by atoms with E-state index in [4.69, 9.17) is 4.42 Å². The zero-order chi connectivity index (χ0) is 11.8. The molecule has 5 nitrogen and oxygen atoms in total. The average Bonchev–Trinajstić information content (AvgIpc) is 2.74. The fourth-order valence-electron chi connectivity index (χ4n) is 1.39. The van der Waals surface area contributed by atoms with E-state index in [1.807, 2.05) is 19.1 Å². The Kier molecular flexibility index (Phi) is 2.55. The van der Waals surface area contributed by atoms with Crippen LogP contribution in [-0.4, -0.2) is 20.1 Å². The van der Waals surface area contributed by atoms with Crippen LogP contribution < -0.4 is 0 Å². The number of aryl methyl sites for hydroxylation is 1. The Balaban J connectivity index is 2.14. The molecule has 86 valence electrons. The highest BCUT2D eigenvalue weighted by Gasteiger charge is 2.20. The van der Waals surface area contributed by atoms with Gasteiger partial charge in [0.15, 0.2) is 0 Å². The van der Waals surface area contributed by atoms with Crippen LogP contribution in [0.4, 0.5) is 0 Å². The number of furan rings is 1. The number of aromatic nitrogens is 3. The second-order valence-electron chi connectivity index (χ2n) is 4.37. The van der Waals surface area contributed by atoms with Gasteiger partial charge in [0.25, 0.3) is 0 Å². The van der Waals surface area contributed by atoms with Crippen LogP contribution in [0.15, 0.2) is 22.7 Å². The highest BCUT2D eigenvalue weighted by atomic mass is 16.3. The molecule has 0 atom stereocenters. The fraction of sp³-hybridized carbons (Fsp3) is 0.455. The van der Waals surface area contributed by atoms with Gasteiger partial charge in [-0.05, 0) is 32.9 Å². The number of hydrogen-bond donors (Lipinski definition) is 1. The first-order valence-electron chi connectivity index (χ1n) is 5.13. The van der Waals surface area contributed by atoms with Crippen molar-refractivity contribution in [3.8, 4) is 0 Å². The molecule has 0 aliphatic heterocycles. The van der Waals surface area contributed by atoms with E-state index >= 15 is 0 Å². The van der Waals surface area contributed by atoms with Gasteiger partial charge in [0.1, 0.15) is 29.4 Å². The Morgan fingerprint density at radius 1 is 1.44 bits per heavy atom. The van der Waals surface area contributed by atoms with Crippen LogP contribution >= 0.6 is 0 Å². The molecule has 5 heteroatoms. The number of rotatable bonds is 3. The average molecular weight is 221 g/mol. The van der Waals surface area contributed by atoms with Crippen LogP contribution in [0.2, 0.25) is 0 Å². The summed E-state index contributed by atoms with van der Waals surface area (Å²) in [5.74, 6) is 1.70. The second kappa shape index (κ2) is 3.75. The summed E-state index contributed by atoms with van der Waals surface area (Å²) in [7, 11) is 0. The third-order valence-corrected chi connectivity index (χ3v) is 2.28. The van der Waals surface area contributed by atoms with Crippen molar-refractivity contribution < 1.29 is 9.52 Å². The van der Waals surface area contributed by atoms with Gasteiger partial charge in [-0.3, -0.25) is 0 Å². The molecule has 2 aromatic rings. The molecule has 0 aliphatic rings. The molecule has 0 bridgehead atoms. The van der Waals surface area contributed by atoms with Gasteiger partial charge in [0.2, 0.25) is 0 Å². The van der Waals surface area contributed by atoms with Crippen molar-refractivity contribution in [2.45, 2.75) is 32.9 Å². The third kappa shape index (κ3) is 2.30. The zero-order valence-corrected chi connectivity index (χ0v) is 9.64. The lowest BCUT2D eigenvalue weighted by molar-refractivity contribution is 0.0737. The Morgan fingerprint density at radius 2 is 2.19 bits per heavy atom. The van der Waals surface area contributed by atoms with Crippen molar-refractivity contribution in [1.29, 1.82) is 0 Å². The van der Waals surface area contributed by atoms with E-state index in [1.165, 1.54) is 0 Å². The van der Waals surface area contributed by atoms with Gasteiger partial charge in [-0.15, -0.1) is 5.10 Å². The van der Waals surface area contributed by atoms with E-state index in [2.05, 4.69) is 10.3 Å². The summed E-state index contributed by atoms with van der Waals surface area (Å²) >= 11 is 0. The van der Waals surface area contributed by atoms with Crippen LogP contribution in [0.3, 0.4) is 0 Å². The number of nitrogens with zero attached hydrogens (tertiary/aromatic N) is 3. The van der Waals surface area contributed by atoms with Crippen molar-refractivity contribution in [3.05, 3.63) is 35.5 Å². The van der Waals surface area contributed by atoms with E-state index in [1.54, 1.807) is 24.7 Å². The minimum atomic E-state index is -0.961. The smallest absolute Gasteiger partial charge is 0.125 e. The SMILES string of the molecule is Cc1ccc(Cn2cc(C(C)(C)O)nn2)o1. The molecule has 0 amide bonds. The van der Waals surface area contributed by atoms with Crippen molar-refractivity contribution in [1.82, 2.24) is 15.0 Å². The van der Waals surface area contributed by atoms with Crippen LogP contribution in [0, 0.1) is 6.92 Å². The summed E-state index contributed by atoms with van der Waals surface area (Å²) in [4.78, 5) is 0. The molecule has 2 heterocycles. The summed E-state index contributed by atoms with van der Waals surface area (Å²) in [5.41, 5.74) is -0.409. The molecule has 0 spiro atoms.